The molecule has 0 bridgehead atoms. The fraction of sp³-hybridized carbons (Fsp3) is 0.500. The Hall–Kier alpha value is -2.61. The van der Waals surface area contributed by atoms with Crippen molar-refractivity contribution in [1.82, 2.24) is 9.88 Å². The molecule has 8 heteroatoms. The third-order valence-electron chi connectivity index (χ3n) is 5.06. The first-order valence-corrected chi connectivity index (χ1v) is 10.3. The van der Waals surface area contributed by atoms with Crippen LogP contribution < -0.4 is 20.1 Å². The van der Waals surface area contributed by atoms with Crippen molar-refractivity contribution in [2.45, 2.75) is 32.1 Å². The second-order valence-electron chi connectivity index (χ2n) is 7.51. The van der Waals surface area contributed by atoms with Gasteiger partial charge in [-0.2, -0.15) is 8.78 Å². The maximum absolute atomic E-state index is 13.8. The standard InChI is InChI=1S/C22H30F2N4O2/c1-22(23,24)20-14-17(15-21(25-2)27-20)26-16-7-8-18(29-3)19(13-16)30-12-6-11-28-9-4-5-10-28/h7-8,13-15H,4-6,9-12H2,1-3H3,(H2,25,26,27). The van der Waals surface area contributed by atoms with Gasteiger partial charge >= 0.3 is 0 Å². The van der Waals surface area contributed by atoms with E-state index in [1.807, 2.05) is 12.1 Å². The van der Waals surface area contributed by atoms with Gasteiger partial charge in [0.25, 0.3) is 5.92 Å². The number of methoxy groups -OCH3 is 1. The maximum Gasteiger partial charge on any atom is 0.287 e. The summed E-state index contributed by atoms with van der Waals surface area (Å²) in [4.78, 5) is 6.39. The van der Waals surface area contributed by atoms with Gasteiger partial charge in [-0.25, -0.2) is 4.98 Å². The maximum atomic E-state index is 13.8. The molecule has 2 aromatic rings. The summed E-state index contributed by atoms with van der Waals surface area (Å²) in [6.45, 7) is 4.78. The van der Waals surface area contributed by atoms with Crippen LogP contribution in [0.25, 0.3) is 0 Å². The molecule has 0 spiro atoms. The van der Waals surface area contributed by atoms with Crippen LogP contribution in [0.15, 0.2) is 30.3 Å². The Morgan fingerprint density at radius 2 is 1.87 bits per heavy atom. The van der Waals surface area contributed by atoms with Gasteiger partial charge in [-0.1, -0.05) is 0 Å². The van der Waals surface area contributed by atoms with E-state index in [4.69, 9.17) is 9.47 Å². The van der Waals surface area contributed by atoms with E-state index in [2.05, 4.69) is 20.5 Å². The molecule has 1 aromatic heterocycles. The molecule has 2 N–H and O–H groups in total. The lowest BCUT2D eigenvalue weighted by atomic mass is 10.2. The molecule has 0 radical (unpaired) electrons. The molecule has 0 unspecified atom stereocenters. The third kappa shape index (κ3) is 5.95. The highest BCUT2D eigenvalue weighted by atomic mass is 19.3. The van der Waals surface area contributed by atoms with Crippen LogP contribution in [0.4, 0.5) is 26.0 Å². The van der Waals surface area contributed by atoms with Crippen molar-refractivity contribution >= 4 is 17.2 Å². The first-order chi connectivity index (χ1) is 14.4. The van der Waals surface area contributed by atoms with E-state index in [0.717, 1.165) is 19.9 Å². The highest BCUT2D eigenvalue weighted by Crippen LogP contribution is 2.34. The minimum Gasteiger partial charge on any atom is -0.493 e. The van der Waals surface area contributed by atoms with Gasteiger partial charge in [0, 0.05) is 44.0 Å². The summed E-state index contributed by atoms with van der Waals surface area (Å²) in [5.74, 6) is -1.42. The second kappa shape index (κ2) is 9.93. The van der Waals surface area contributed by atoms with Crippen molar-refractivity contribution in [2.75, 3.05) is 51.0 Å². The Morgan fingerprint density at radius 3 is 2.53 bits per heavy atom. The summed E-state index contributed by atoms with van der Waals surface area (Å²) < 4.78 is 38.9. The quantitative estimate of drug-likeness (QED) is 0.536. The molecule has 1 aliphatic heterocycles. The van der Waals surface area contributed by atoms with Crippen LogP contribution in [-0.4, -0.2) is 50.3 Å². The summed E-state index contributed by atoms with van der Waals surface area (Å²) in [7, 11) is 3.24. The van der Waals surface area contributed by atoms with Crippen LogP contribution in [0.1, 0.15) is 31.9 Å². The summed E-state index contributed by atoms with van der Waals surface area (Å²) in [6.07, 6.45) is 3.49. The summed E-state index contributed by atoms with van der Waals surface area (Å²) in [5, 5.41) is 5.98. The molecule has 1 aromatic carbocycles. The molecular formula is C22H30F2N4O2. The van der Waals surface area contributed by atoms with Gasteiger partial charge in [-0.15, -0.1) is 0 Å². The van der Waals surface area contributed by atoms with Crippen LogP contribution in [0.2, 0.25) is 0 Å². The lowest BCUT2D eigenvalue weighted by Gasteiger charge is -2.17. The number of hydrogen-bond donors (Lipinski definition) is 2. The molecule has 30 heavy (non-hydrogen) atoms. The van der Waals surface area contributed by atoms with E-state index < -0.39 is 5.92 Å². The molecule has 0 atom stereocenters. The number of nitrogens with zero attached hydrogens (tertiary/aromatic N) is 2. The average molecular weight is 421 g/mol. The van der Waals surface area contributed by atoms with Gasteiger partial charge in [0.1, 0.15) is 11.5 Å². The Balaban J connectivity index is 1.69. The summed E-state index contributed by atoms with van der Waals surface area (Å²) in [6, 6.07) is 8.46. The predicted molar refractivity (Wildman–Crippen MR) is 115 cm³/mol. The van der Waals surface area contributed by atoms with Gasteiger partial charge in [0.2, 0.25) is 0 Å². The van der Waals surface area contributed by atoms with Gasteiger partial charge in [0.05, 0.1) is 13.7 Å². The van der Waals surface area contributed by atoms with E-state index in [-0.39, 0.29) is 5.69 Å². The van der Waals surface area contributed by atoms with E-state index in [1.165, 1.54) is 32.0 Å². The fourth-order valence-electron chi connectivity index (χ4n) is 3.47. The molecule has 1 fully saturated rings. The van der Waals surface area contributed by atoms with Gasteiger partial charge < -0.3 is 25.0 Å². The molecule has 3 rings (SSSR count). The minimum atomic E-state index is -3.03. The predicted octanol–water partition coefficient (Wildman–Crippen LogP) is 4.85. The first-order valence-electron chi connectivity index (χ1n) is 10.3. The van der Waals surface area contributed by atoms with Crippen molar-refractivity contribution in [3.8, 4) is 11.5 Å². The molecule has 0 saturated carbocycles. The number of nitrogens with one attached hydrogen (secondary N) is 2. The summed E-state index contributed by atoms with van der Waals surface area (Å²) >= 11 is 0. The van der Waals surface area contributed by atoms with Crippen molar-refractivity contribution in [2.24, 2.45) is 0 Å². The molecular weight excluding hydrogens is 390 g/mol. The van der Waals surface area contributed by atoms with Crippen LogP contribution >= 0.6 is 0 Å². The van der Waals surface area contributed by atoms with E-state index in [9.17, 15) is 8.78 Å². The van der Waals surface area contributed by atoms with Gasteiger partial charge in [-0.05, 0) is 50.6 Å². The highest BCUT2D eigenvalue weighted by Gasteiger charge is 2.27. The Kier molecular flexibility index (Phi) is 7.31. The number of aromatic nitrogens is 1. The van der Waals surface area contributed by atoms with Crippen LogP contribution in [-0.2, 0) is 5.92 Å². The lowest BCUT2D eigenvalue weighted by molar-refractivity contribution is 0.0129. The molecule has 2 heterocycles. The number of alkyl halides is 2. The fourth-order valence-corrected chi connectivity index (χ4v) is 3.47. The SMILES string of the molecule is CNc1cc(Nc2ccc(OC)c(OCCCN3CCCC3)c2)cc(C(C)(F)F)n1. The number of benzene rings is 1. The number of anilines is 3. The Morgan fingerprint density at radius 1 is 1.10 bits per heavy atom. The van der Waals surface area contributed by atoms with Crippen molar-refractivity contribution in [1.29, 1.82) is 0 Å². The zero-order valence-corrected chi connectivity index (χ0v) is 17.8. The van der Waals surface area contributed by atoms with Crippen molar-refractivity contribution in [3.05, 3.63) is 36.0 Å². The van der Waals surface area contributed by atoms with E-state index in [0.29, 0.717) is 35.3 Å². The van der Waals surface area contributed by atoms with Crippen molar-refractivity contribution < 1.29 is 18.3 Å². The smallest absolute Gasteiger partial charge is 0.287 e. The normalized spacial score (nSPS) is 14.6. The molecule has 0 amide bonds. The topological polar surface area (TPSA) is 58.6 Å². The monoisotopic (exact) mass is 420 g/mol. The highest BCUT2D eigenvalue weighted by molar-refractivity contribution is 5.66. The molecule has 6 nitrogen and oxygen atoms in total. The van der Waals surface area contributed by atoms with Crippen molar-refractivity contribution in [3.63, 3.8) is 0 Å². The summed E-state index contributed by atoms with van der Waals surface area (Å²) in [5.41, 5.74) is 0.920. The van der Waals surface area contributed by atoms with E-state index >= 15 is 0 Å². The van der Waals surface area contributed by atoms with Gasteiger partial charge in [0.15, 0.2) is 11.5 Å². The number of likely N-dealkylation sites (tertiary alicyclic amines) is 1. The van der Waals surface area contributed by atoms with Gasteiger partial charge in [-0.3, -0.25) is 0 Å². The number of rotatable bonds is 10. The average Bonchev–Trinajstić information content (AvgIpc) is 3.24. The number of hydrogen-bond acceptors (Lipinski definition) is 6. The zero-order valence-electron chi connectivity index (χ0n) is 17.8. The number of halogens is 2. The van der Waals surface area contributed by atoms with Crippen LogP contribution in [0.3, 0.4) is 0 Å². The molecule has 1 aliphatic rings. The minimum absolute atomic E-state index is 0.302. The molecule has 164 valence electrons. The first kappa shape index (κ1) is 22.1. The van der Waals surface area contributed by atoms with E-state index in [1.54, 1.807) is 26.3 Å². The second-order valence-corrected chi connectivity index (χ2v) is 7.51. The number of ether oxygens (including phenoxy) is 2. The Bertz CT molecular complexity index is 836. The Labute approximate surface area is 176 Å². The van der Waals surface area contributed by atoms with Crippen LogP contribution in [0, 0.1) is 0 Å². The number of pyridine rings is 1. The molecule has 0 aliphatic carbocycles. The lowest BCUT2D eigenvalue weighted by Crippen LogP contribution is -2.21. The zero-order chi connectivity index (χ0) is 21.6. The van der Waals surface area contributed by atoms with Crippen LogP contribution in [0.5, 0.6) is 11.5 Å². The molecule has 1 saturated heterocycles. The third-order valence-corrected chi connectivity index (χ3v) is 5.06. The largest absolute Gasteiger partial charge is 0.493 e.